The number of nitrogens with one attached hydrogen (secondary N) is 1. The monoisotopic (exact) mass is 385 g/mol. The number of hydrogen-bond acceptors (Lipinski definition) is 4. The first-order valence-electron chi connectivity index (χ1n) is 8.30. The molecule has 1 amide bonds. The van der Waals surface area contributed by atoms with Crippen molar-refractivity contribution in [1.29, 1.82) is 0 Å². The Kier molecular flexibility index (Phi) is 17.8. The van der Waals surface area contributed by atoms with Crippen LogP contribution in [0.1, 0.15) is 63.9 Å². The van der Waals surface area contributed by atoms with Crippen LogP contribution < -0.4 is 74.2 Å². The average molecular weight is 385 g/mol. The third kappa shape index (κ3) is 15.6. The van der Waals surface area contributed by atoms with Gasteiger partial charge in [0, 0.05) is 18.3 Å². The van der Waals surface area contributed by atoms with Crippen LogP contribution in [0.25, 0.3) is 0 Å². The molecule has 1 N–H and O–H groups in total. The molecule has 0 atom stereocenters. The summed E-state index contributed by atoms with van der Waals surface area (Å²) in [6, 6.07) is 6.33. The Morgan fingerprint density at radius 3 is 2.00 bits per heavy atom. The molecule has 1 aromatic carbocycles. The first-order chi connectivity index (χ1) is 10.9. The summed E-state index contributed by atoms with van der Waals surface area (Å²) in [5, 5.41) is 2.78. The minimum atomic E-state index is -4.55. The number of carbonyl (C=O) groups excluding carboxylic acids is 1. The molecule has 0 aliphatic carbocycles. The molecule has 0 radical (unpaired) electrons. The van der Waals surface area contributed by atoms with E-state index in [1.165, 1.54) is 32.1 Å². The Hall–Kier alpha value is 0.840. The van der Waals surface area contributed by atoms with Gasteiger partial charge in [0.05, 0.1) is 0 Å². The maximum absolute atomic E-state index is 11.8. The van der Waals surface area contributed by atoms with Crippen LogP contribution >= 0.6 is 7.60 Å². The first kappa shape index (κ1) is 28.1. The zero-order chi connectivity index (χ0) is 17.1. The molecular weight excluding hydrogens is 359 g/mol. The Morgan fingerprint density at radius 2 is 1.48 bits per heavy atom. The number of anilines is 1. The second kappa shape index (κ2) is 15.9. The molecule has 0 heterocycles. The number of benzene rings is 1. The zero-order valence-corrected chi connectivity index (χ0v) is 20.6. The van der Waals surface area contributed by atoms with Crippen molar-refractivity contribution in [2.24, 2.45) is 0 Å². The summed E-state index contributed by atoms with van der Waals surface area (Å²) in [6.45, 7) is 2.19. The summed E-state index contributed by atoms with van der Waals surface area (Å²) in [6.07, 6.45) is 8.14. The maximum Gasteiger partial charge on any atom is 1.00 e. The van der Waals surface area contributed by atoms with Crippen LogP contribution in [0.4, 0.5) is 5.69 Å². The van der Waals surface area contributed by atoms with Crippen molar-refractivity contribution >= 4 is 19.2 Å². The zero-order valence-electron chi connectivity index (χ0n) is 15.8. The minimum absolute atomic E-state index is 0. The summed E-state index contributed by atoms with van der Waals surface area (Å²) in [5.74, 6) is -0.0374. The van der Waals surface area contributed by atoms with Crippen molar-refractivity contribution in [2.45, 2.75) is 64.5 Å². The van der Waals surface area contributed by atoms with Crippen LogP contribution in [0.2, 0.25) is 0 Å². The van der Waals surface area contributed by atoms with E-state index in [1.807, 2.05) is 0 Å². The van der Waals surface area contributed by atoms with Gasteiger partial charge in [-0.05, 0) is 24.1 Å². The van der Waals surface area contributed by atoms with Crippen LogP contribution in [0, 0.1) is 0 Å². The van der Waals surface area contributed by atoms with E-state index in [2.05, 4.69) is 12.2 Å². The third-order valence-electron chi connectivity index (χ3n) is 3.62. The predicted octanol–water partition coefficient (Wildman–Crippen LogP) is -2.81. The van der Waals surface area contributed by atoms with Gasteiger partial charge in [-0.2, -0.15) is 0 Å². The van der Waals surface area contributed by atoms with Crippen LogP contribution in [0.15, 0.2) is 24.3 Å². The van der Waals surface area contributed by atoms with E-state index in [1.54, 1.807) is 24.3 Å². The fourth-order valence-electron chi connectivity index (χ4n) is 2.38. The van der Waals surface area contributed by atoms with Crippen molar-refractivity contribution in [3.63, 3.8) is 0 Å². The van der Waals surface area contributed by atoms with Crippen LogP contribution in [-0.4, -0.2) is 5.91 Å². The Bertz CT molecular complexity index is 520. The van der Waals surface area contributed by atoms with E-state index < -0.39 is 13.8 Å². The summed E-state index contributed by atoms with van der Waals surface area (Å²) >= 11 is 0. The molecule has 0 aliphatic heterocycles. The molecule has 130 valence electrons. The smallest absolute Gasteiger partial charge is 0.810 e. The number of hydrogen-bond donors (Lipinski definition) is 1. The largest absolute Gasteiger partial charge is 1.00 e. The van der Waals surface area contributed by atoms with Crippen LogP contribution in [-0.2, 0) is 15.5 Å². The molecule has 0 saturated heterocycles. The molecule has 0 spiro atoms. The topological polar surface area (TPSA) is 92.3 Å². The third-order valence-corrected chi connectivity index (χ3v) is 4.37. The maximum atomic E-state index is 11.8. The van der Waals surface area contributed by atoms with E-state index in [4.69, 9.17) is 0 Å². The molecule has 0 aromatic heterocycles. The number of unbranched alkanes of at least 4 members (excludes halogenated alkanes) is 6. The molecule has 0 bridgehead atoms. The fourth-order valence-corrected chi connectivity index (χ4v) is 3.04. The summed E-state index contributed by atoms with van der Waals surface area (Å²) in [4.78, 5) is 33.2. The number of amides is 1. The molecule has 25 heavy (non-hydrogen) atoms. The molecule has 0 unspecified atom stereocenters. The predicted molar refractivity (Wildman–Crippen MR) is 89.0 cm³/mol. The molecule has 0 fully saturated rings. The van der Waals surface area contributed by atoms with Crippen molar-refractivity contribution in [2.75, 3.05) is 5.32 Å². The van der Waals surface area contributed by atoms with E-state index in [-0.39, 0.29) is 65.0 Å². The van der Waals surface area contributed by atoms with Gasteiger partial charge in [0.15, 0.2) is 0 Å². The molecule has 0 aliphatic rings. The minimum Gasteiger partial charge on any atom is -0.810 e. The second-order valence-electron chi connectivity index (χ2n) is 5.89. The average Bonchev–Trinajstić information content (AvgIpc) is 2.47. The number of rotatable bonds is 11. The Balaban J connectivity index is 0. The van der Waals surface area contributed by atoms with Gasteiger partial charge < -0.3 is 19.7 Å². The summed E-state index contributed by atoms with van der Waals surface area (Å²) in [7, 11) is -4.55. The summed E-state index contributed by atoms with van der Waals surface area (Å²) in [5.41, 5.74) is 1.05. The van der Waals surface area contributed by atoms with Crippen molar-refractivity contribution in [1.82, 2.24) is 0 Å². The van der Waals surface area contributed by atoms with Gasteiger partial charge in [-0.1, -0.05) is 65.2 Å². The van der Waals surface area contributed by atoms with Gasteiger partial charge in [-0.25, -0.2) is 0 Å². The van der Waals surface area contributed by atoms with Gasteiger partial charge in [0.2, 0.25) is 5.91 Å². The molecule has 8 heteroatoms. The molecule has 1 aromatic rings. The van der Waals surface area contributed by atoms with Gasteiger partial charge in [-0.15, -0.1) is 0 Å². The Labute approximate surface area is 195 Å². The van der Waals surface area contributed by atoms with E-state index in [0.29, 0.717) is 17.7 Å². The van der Waals surface area contributed by atoms with Gasteiger partial charge in [0.1, 0.15) is 0 Å². The quantitative estimate of drug-likeness (QED) is 0.253. The second-order valence-corrected chi connectivity index (χ2v) is 7.42. The van der Waals surface area contributed by atoms with Crippen molar-refractivity contribution in [3.05, 3.63) is 29.8 Å². The first-order valence-corrected chi connectivity index (χ1v) is 10.0. The van der Waals surface area contributed by atoms with Gasteiger partial charge in [-0.3, -0.25) is 4.79 Å². The normalized spacial score (nSPS) is 10.5. The van der Waals surface area contributed by atoms with Gasteiger partial charge in [0.25, 0.3) is 0 Å². The van der Waals surface area contributed by atoms with E-state index >= 15 is 0 Å². The summed E-state index contributed by atoms with van der Waals surface area (Å²) < 4.78 is 10.7. The van der Waals surface area contributed by atoms with Crippen LogP contribution in [0.3, 0.4) is 0 Å². The molecular formula is C17H26NNa2O4P. The van der Waals surface area contributed by atoms with Crippen molar-refractivity contribution < 1.29 is 78.3 Å². The fraction of sp³-hybridized carbons (Fsp3) is 0.588. The molecule has 5 nitrogen and oxygen atoms in total. The van der Waals surface area contributed by atoms with E-state index in [9.17, 15) is 19.1 Å². The Morgan fingerprint density at radius 1 is 0.960 bits per heavy atom. The van der Waals surface area contributed by atoms with E-state index in [0.717, 1.165) is 12.8 Å². The standard InChI is InChI=1S/C17H28NO4P.2Na/c1-2-3-4-5-6-7-8-9-17(19)18-16-12-10-15(11-13-16)14-23(20,21)22;;/h10-13H,2-9,14H2,1H3,(H,18,19)(H2,20,21,22);;/q;2*+1/p-2. The number of carbonyl (C=O) groups is 1. The van der Waals surface area contributed by atoms with Crippen molar-refractivity contribution in [3.8, 4) is 0 Å². The molecule has 1 rings (SSSR count). The van der Waals surface area contributed by atoms with Gasteiger partial charge >= 0.3 is 59.1 Å². The van der Waals surface area contributed by atoms with Crippen LogP contribution in [0.5, 0.6) is 0 Å². The SMILES string of the molecule is CCCCCCCCCC(=O)Nc1ccc(CP(=O)([O-])[O-])cc1.[Na+].[Na+]. The molecule has 0 saturated carbocycles.